The van der Waals surface area contributed by atoms with E-state index in [0.29, 0.717) is 16.4 Å². The lowest BCUT2D eigenvalue weighted by Gasteiger charge is -2.06. The molecule has 0 atom stereocenters. The zero-order valence-corrected chi connectivity index (χ0v) is 10.9. The molecule has 0 bridgehead atoms. The van der Waals surface area contributed by atoms with Crippen molar-refractivity contribution in [1.29, 1.82) is 0 Å². The average molecular weight is 298 g/mol. The Labute approximate surface area is 116 Å². The molecule has 0 aliphatic carbocycles. The monoisotopic (exact) mass is 298 g/mol. The Morgan fingerprint density at radius 2 is 1.95 bits per heavy atom. The summed E-state index contributed by atoms with van der Waals surface area (Å²) in [5.74, 6) is -0.390. The van der Waals surface area contributed by atoms with Gasteiger partial charge < -0.3 is 0 Å². The van der Waals surface area contributed by atoms with Gasteiger partial charge in [0.15, 0.2) is 5.13 Å². The molecule has 1 heterocycles. The summed E-state index contributed by atoms with van der Waals surface area (Å²) in [6.07, 6.45) is -3.25. The van der Waals surface area contributed by atoms with E-state index < -0.39 is 17.6 Å². The minimum absolute atomic E-state index is 0.366. The van der Waals surface area contributed by atoms with Crippen LogP contribution in [-0.2, 0) is 11.0 Å². The summed E-state index contributed by atoms with van der Waals surface area (Å²) >= 11 is 1.18. The minimum Gasteiger partial charge on any atom is -0.298 e. The van der Waals surface area contributed by atoms with Crippen LogP contribution >= 0.6 is 11.3 Å². The molecule has 2 aromatic rings. The number of anilines is 1. The van der Waals surface area contributed by atoms with E-state index >= 15 is 0 Å². The number of benzene rings is 1. The number of carbonyl (C=O) groups is 1. The summed E-state index contributed by atoms with van der Waals surface area (Å²) in [6.45, 7) is 3.31. The zero-order valence-electron chi connectivity index (χ0n) is 10.1. The maximum Gasteiger partial charge on any atom is 0.416 e. The first-order valence-electron chi connectivity index (χ1n) is 5.47. The molecule has 1 aromatic heterocycles. The van der Waals surface area contributed by atoms with E-state index in [1.807, 2.05) is 0 Å². The van der Waals surface area contributed by atoms with Gasteiger partial charge in [-0.05, 0) is 18.2 Å². The van der Waals surface area contributed by atoms with Gasteiger partial charge in [0.25, 0.3) is 0 Å². The number of halogens is 3. The number of hydrogen-bond acceptors (Lipinski definition) is 3. The maximum absolute atomic E-state index is 12.4. The minimum atomic E-state index is -4.36. The predicted octanol–water partition coefficient (Wildman–Crippen LogP) is 3.95. The van der Waals surface area contributed by atoms with Crippen LogP contribution in [-0.4, -0.2) is 10.9 Å². The van der Waals surface area contributed by atoms with Gasteiger partial charge in [0, 0.05) is 10.9 Å². The predicted molar refractivity (Wildman–Crippen MR) is 71.4 cm³/mol. The molecule has 3 nitrogen and oxygen atoms in total. The second-order valence-corrected chi connectivity index (χ2v) is 4.66. The lowest BCUT2D eigenvalue weighted by molar-refractivity contribution is -0.137. The number of alkyl halides is 3. The first-order chi connectivity index (χ1) is 9.40. The summed E-state index contributed by atoms with van der Waals surface area (Å²) < 4.78 is 37.3. The van der Waals surface area contributed by atoms with Crippen LogP contribution in [0.5, 0.6) is 0 Å². The SMILES string of the molecule is C=CC(=O)Nc1nc(-c2ccc(C(F)(F)F)cc2)cs1. The van der Waals surface area contributed by atoms with Crippen molar-refractivity contribution in [3.63, 3.8) is 0 Å². The maximum atomic E-state index is 12.4. The molecule has 0 saturated carbocycles. The van der Waals surface area contributed by atoms with Crippen molar-refractivity contribution < 1.29 is 18.0 Å². The van der Waals surface area contributed by atoms with Crippen LogP contribution in [0.1, 0.15) is 5.56 Å². The van der Waals surface area contributed by atoms with Crippen molar-refractivity contribution in [2.45, 2.75) is 6.18 Å². The summed E-state index contributed by atoms with van der Waals surface area (Å²) in [6, 6.07) is 4.68. The summed E-state index contributed by atoms with van der Waals surface area (Å²) in [7, 11) is 0. The Bertz CT molecular complexity index is 632. The van der Waals surface area contributed by atoms with Crippen molar-refractivity contribution >= 4 is 22.4 Å². The number of nitrogens with zero attached hydrogens (tertiary/aromatic N) is 1. The third-order valence-corrected chi connectivity index (χ3v) is 3.19. The Hall–Kier alpha value is -2.15. The van der Waals surface area contributed by atoms with Crippen molar-refractivity contribution in [3.8, 4) is 11.3 Å². The van der Waals surface area contributed by atoms with Crippen LogP contribution in [0.2, 0.25) is 0 Å². The molecule has 1 N–H and O–H groups in total. The summed E-state index contributed by atoms with van der Waals surface area (Å²) in [4.78, 5) is 15.2. The smallest absolute Gasteiger partial charge is 0.298 e. The van der Waals surface area contributed by atoms with E-state index in [4.69, 9.17) is 0 Å². The number of carbonyl (C=O) groups excluding carboxylic acids is 1. The van der Waals surface area contributed by atoms with Crippen LogP contribution in [0, 0.1) is 0 Å². The molecule has 1 amide bonds. The van der Waals surface area contributed by atoms with Crippen LogP contribution in [0.25, 0.3) is 11.3 Å². The first kappa shape index (κ1) is 14.3. The highest BCUT2D eigenvalue weighted by atomic mass is 32.1. The quantitative estimate of drug-likeness (QED) is 0.872. The Morgan fingerprint density at radius 1 is 1.30 bits per heavy atom. The molecule has 0 aliphatic rings. The molecular weight excluding hydrogens is 289 g/mol. The molecule has 0 fully saturated rings. The normalized spacial score (nSPS) is 11.2. The van der Waals surface area contributed by atoms with Gasteiger partial charge in [-0.2, -0.15) is 13.2 Å². The van der Waals surface area contributed by atoms with Crippen molar-refractivity contribution in [1.82, 2.24) is 4.98 Å². The van der Waals surface area contributed by atoms with Gasteiger partial charge in [-0.3, -0.25) is 10.1 Å². The fourth-order valence-corrected chi connectivity index (χ4v) is 2.17. The second kappa shape index (κ2) is 5.46. The molecule has 104 valence electrons. The molecule has 2 rings (SSSR count). The van der Waals surface area contributed by atoms with E-state index in [2.05, 4.69) is 16.9 Å². The summed E-state index contributed by atoms with van der Waals surface area (Å²) in [5, 5.41) is 4.51. The highest BCUT2D eigenvalue weighted by Crippen LogP contribution is 2.31. The largest absolute Gasteiger partial charge is 0.416 e. The number of aromatic nitrogens is 1. The number of amides is 1. The van der Waals surface area contributed by atoms with Crippen molar-refractivity contribution in [3.05, 3.63) is 47.9 Å². The van der Waals surface area contributed by atoms with E-state index in [0.717, 1.165) is 18.2 Å². The van der Waals surface area contributed by atoms with E-state index in [1.54, 1.807) is 5.38 Å². The van der Waals surface area contributed by atoms with Crippen molar-refractivity contribution in [2.75, 3.05) is 5.32 Å². The summed E-state index contributed by atoms with van der Waals surface area (Å²) in [5.41, 5.74) is 0.341. The molecular formula is C13H9F3N2OS. The number of thiazole rings is 1. The molecule has 0 radical (unpaired) electrons. The third-order valence-electron chi connectivity index (χ3n) is 2.43. The average Bonchev–Trinajstić information content (AvgIpc) is 2.86. The van der Waals surface area contributed by atoms with Gasteiger partial charge in [0.2, 0.25) is 5.91 Å². The second-order valence-electron chi connectivity index (χ2n) is 3.81. The van der Waals surface area contributed by atoms with Gasteiger partial charge in [0.05, 0.1) is 11.3 Å². The van der Waals surface area contributed by atoms with Crippen molar-refractivity contribution in [2.24, 2.45) is 0 Å². The molecule has 7 heteroatoms. The Balaban J connectivity index is 2.20. The van der Waals surface area contributed by atoms with Gasteiger partial charge >= 0.3 is 6.18 Å². The standard InChI is InChI=1S/C13H9F3N2OS/c1-2-11(19)18-12-17-10(7-20-12)8-3-5-9(6-4-8)13(14,15)16/h2-7H,1H2,(H,17,18,19). The number of hydrogen-bond donors (Lipinski definition) is 1. The molecule has 0 unspecified atom stereocenters. The van der Waals surface area contributed by atoms with Crippen LogP contribution in [0.3, 0.4) is 0 Å². The van der Waals surface area contributed by atoms with E-state index in [1.165, 1.54) is 23.5 Å². The van der Waals surface area contributed by atoms with Gasteiger partial charge in [0.1, 0.15) is 0 Å². The van der Waals surface area contributed by atoms with Gasteiger partial charge in [-0.25, -0.2) is 4.98 Å². The number of rotatable bonds is 3. The van der Waals surface area contributed by atoms with E-state index in [-0.39, 0.29) is 0 Å². The van der Waals surface area contributed by atoms with E-state index in [9.17, 15) is 18.0 Å². The van der Waals surface area contributed by atoms with Gasteiger partial charge in [-0.1, -0.05) is 18.7 Å². The molecule has 1 aromatic carbocycles. The Morgan fingerprint density at radius 3 is 2.50 bits per heavy atom. The zero-order chi connectivity index (χ0) is 14.8. The molecule has 0 saturated heterocycles. The van der Waals surface area contributed by atoms with Crippen LogP contribution in [0.15, 0.2) is 42.3 Å². The molecule has 0 spiro atoms. The van der Waals surface area contributed by atoms with Crippen LogP contribution in [0.4, 0.5) is 18.3 Å². The number of nitrogens with one attached hydrogen (secondary N) is 1. The lowest BCUT2D eigenvalue weighted by Crippen LogP contribution is -2.06. The fourth-order valence-electron chi connectivity index (χ4n) is 1.45. The fraction of sp³-hybridized carbons (Fsp3) is 0.0769. The van der Waals surface area contributed by atoms with Gasteiger partial charge in [-0.15, -0.1) is 11.3 Å². The molecule has 0 aliphatic heterocycles. The highest BCUT2D eigenvalue weighted by molar-refractivity contribution is 7.14. The topological polar surface area (TPSA) is 42.0 Å². The lowest BCUT2D eigenvalue weighted by atomic mass is 10.1. The van der Waals surface area contributed by atoms with Crippen LogP contribution < -0.4 is 5.32 Å². The third kappa shape index (κ3) is 3.24. The first-order valence-corrected chi connectivity index (χ1v) is 6.34. The highest BCUT2D eigenvalue weighted by Gasteiger charge is 2.30. The molecule has 20 heavy (non-hydrogen) atoms. The Kier molecular flexibility index (Phi) is 3.89.